The average molecular weight is 228 g/mol. The molecule has 0 aromatic rings. The van der Waals surface area contributed by atoms with Crippen LogP contribution >= 0.6 is 0 Å². The third-order valence-electron chi connectivity index (χ3n) is 2.93. The van der Waals surface area contributed by atoms with Gasteiger partial charge in [-0.2, -0.15) is 0 Å². The van der Waals surface area contributed by atoms with Gasteiger partial charge in [-0.05, 0) is 26.2 Å². The van der Waals surface area contributed by atoms with E-state index in [9.17, 15) is 4.79 Å². The number of nitrogens with zero attached hydrogens (tertiary/aromatic N) is 1. The second-order valence-electron chi connectivity index (χ2n) is 4.68. The van der Waals surface area contributed by atoms with Crippen LogP contribution in [0.2, 0.25) is 0 Å². The fraction of sp³-hybridized carbons (Fsp3) is 0.917. The first-order valence-corrected chi connectivity index (χ1v) is 6.31. The number of aliphatic hydroxyl groups is 1. The second kappa shape index (κ2) is 6.86. The minimum Gasteiger partial charge on any atom is -0.395 e. The molecule has 1 aliphatic rings. The third-order valence-corrected chi connectivity index (χ3v) is 2.93. The Bertz CT molecular complexity index is 217. The zero-order chi connectivity index (χ0) is 12.0. The van der Waals surface area contributed by atoms with Crippen molar-refractivity contribution in [2.24, 2.45) is 0 Å². The van der Waals surface area contributed by atoms with E-state index >= 15 is 0 Å². The van der Waals surface area contributed by atoms with Gasteiger partial charge in [-0.1, -0.05) is 13.3 Å². The number of carbonyl (C=O) groups excluding carboxylic acids is 1. The van der Waals surface area contributed by atoms with E-state index in [1.807, 2.05) is 6.92 Å². The molecule has 4 nitrogen and oxygen atoms in total. The van der Waals surface area contributed by atoms with Gasteiger partial charge in [-0.25, -0.2) is 0 Å². The Morgan fingerprint density at radius 2 is 2.25 bits per heavy atom. The zero-order valence-corrected chi connectivity index (χ0v) is 10.4. The van der Waals surface area contributed by atoms with Crippen molar-refractivity contribution in [2.75, 3.05) is 19.7 Å². The summed E-state index contributed by atoms with van der Waals surface area (Å²) < 4.78 is 0. The lowest BCUT2D eigenvalue weighted by molar-refractivity contribution is -0.123. The molecule has 1 aliphatic carbocycles. The molecule has 4 heteroatoms. The minimum absolute atomic E-state index is 0.0845. The first kappa shape index (κ1) is 13.5. The van der Waals surface area contributed by atoms with Gasteiger partial charge in [-0.15, -0.1) is 0 Å². The predicted octanol–water partition coefficient (Wildman–Crippen LogP) is 0.748. The van der Waals surface area contributed by atoms with Crippen LogP contribution in [0.15, 0.2) is 0 Å². The standard InChI is InChI=1S/C12H24N2O2/c1-3-4-10(2)13-12(16)9-14(7-8-15)11-5-6-11/h10-11,15H,3-9H2,1-2H3,(H,13,16). The summed E-state index contributed by atoms with van der Waals surface area (Å²) in [6.45, 7) is 5.33. The molecule has 0 heterocycles. The Balaban J connectivity index is 2.24. The van der Waals surface area contributed by atoms with Crippen LogP contribution in [0.1, 0.15) is 39.5 Å². The van der Waals surface area contributed by atoms with Gasteiger partial charge in [0.1, 0.15) is 0 Å². The maximum Gasteiger partial charge on any atom is 0.234 e. The van der Waals surface area contributed by atoms with Gasteiger partial charge in [0.05, 0.1) is 13.2 Å². The Kier molecular flexibility index (Phi) is 5.77. The monoisotopic (exact) mass is 228 g/mol. The summed E-state index contributed by atoms with van der Waals surface area (Å²) in [4.78, 5) is 13.8. The summed E-state index contributed by atoms with van der Waals surface area (Å²) in [5.74, 6) is 0.0845. The van der Waals surface area contributed by atoms with Crippen LogP contribution in [-0.4, -0.2) is 47.7 Å². The number of hydrogen-bond donors (Lipinski definition) is 2. The molecule has 0 aromatic heterocycles. The van der Waals surface area contributed by atoms with E-state index < -0.39 is 0 Å². The summed E-state index contributed by atoms with van der Waals surface area (Å²) >= 11 is 0. The fourth-order valence-electron chi connectivity index (χ4n) is 1.97. The van der Waals surface area contributed by atoms with E-state index in [1.54, 1.807) is 0 Å². The van der Waals surface area contributed by atoms with Crippen LogP contribution in [0.3, 0.4) is 0 Å². The van der Waals surface area contributed by atoms with Gasteiger partial charge < -0.3 is 10.4 Å². The lowest BCUT2D eigenvalue weighted by atomic mass is 10.2. The van der Waals surface area contributed by atoms with Crippen LogP contribution < -0.4 is 5.32 Å². The molecule has 1 unspecified atom stereocenters. The molecule has 0 bridgehead atoms. The van der Waals surface area contributed by atoms with E-state index in [1.165, 1.54) is 0 Å². The smallest absolute Gasteiger partial charge is 0.234 e. The summed E-state index contributed by atoms with van der Waals surface area (Å²) in [5.41, 5.74) is 0. The van der Waals surface area contributed by atoms with Crippen LogP contribution in [0.25, 0.3) is 0 Å². The normalized spacial score (nSPS) is 17.5. The van der Waals surface area contributed by atoms with Crippen molar-refractivity contribution < 1.29 is 9.90 Å². The molecule has 94 valence electrons. The predicted molar refractivity (Wildman–Crippen MR) is 64.2 cm³/mol. The average Bonchev–Trinajstić information content (AvgIpc) is 3.00. The van der Waals surface area contributed by atoms with Crippen LogP contribution in [0, 0.1) is 0 Å². The van der Waals surface area contributed by atoms with Gasteiger partial charge in [0.2, 0.25) is 5.91 Å². The fourth-order valence-corrected chi connectivity index (χ4v) is 1.97. The molecule has 1 fully saturated rings. The SMILES string of the molecule is CCCC(C)NC(=O)CN(CCO)C1CC1. The number of amides is 1. The highest BCUT2D eigenvalue weighted by Crippen LogP contribution is 2.25. The van der Waals surface area contributed by atoms with E-state index in [0.717, 1.165) is 25.7 Å². The highest BCUT2D eigenvalue weighted by molar-refractivity contribution is 5.78. The quantitative estimate of drug-likeness (QED) is 0.644. The number of nitrogens with one attached hydrogen (secondary N) is 1. The maximum atomic E-state index is 11.7. The van der Waals surface area contributed by atoms with Crippen molar-refractivity contribution in [1.82, 2.24) is 10.2 Å². The van der Waals surface area contributed by atoms with Crippen molar-refractivity contribution in [1.29, 1.82) is 0 Å². The molecule has 1 saturated carbocycles. The molecule has 0 aromatic carbocycles. The Morgan fingerprint density at radius 3 is 2.75 bits per heavy atom. The molecule has 1 atom stereocenters. The highest BCUT2D eigenvalue weighted by Gasteiger charge is 2.29. The molecule has 16 heavy (non-hydrogen) atoms. The van der Waals surface area contributed by atoms with E-state index in [0.29, 0.717) is 19.1 Å². The second-order valence-corrected chi connectivity index (χ2v) is 4.68. The first-order chi connectivity index (χ1) is 7.67. The topological polar surface area (TPSA) is 52.6 Å². The Labute approximate surface area is 98.0 Å². The Hall–Kier alpha value is -0.610. The molecule has 2 N–H and O–H groups in total. The lowest BCUT2D eigenvalue weighted by Crippen LogP contribution is -2.42. The molecule has 0 spiro atoms. The zero-order valence-electron chi connectivity index (χ0n) is 10.4. The van der Waals surface area contributed by atoms with Gasteiger partial charge in [0.25, 0.3) is 0 Å². The number of aliphatic hydroxyl groups excluding tert-OH is 1. The van der Waals surface area contributed by atoms with Gasteiger partial charge >= 0.3 is 0 Å². The van der Waals surface area contributed by atoms with Gasteiger partial charge in [0.15, 0.2) is 0 Å². The van der Waals surface area contributed by atoms with E-state index in [4.69, 9.17) is 5.11 Å². The summed E-state index contributed by atoms with van der Waals surface area (Å²) in [5, 5.41) is 11.9. The largest absolute Gasteiger partial charge is 0.395 e. The number of rotatable bonds is 8. The summed E-state index contributed by atoms with van der Waals surface area (Å²) in [6.07, 6.45) is 4.44. The van der Waals surface area contributed by atoms with Crippen molar-refractivity contribution in [2.45, 2.75) is 51.6 Å². The van der Waals surface area contributed by atoms with Crippen molar-refractivity contribution >= 4 is 5.91 Å². The van der Waals surface area contributed by atoms with Crippen molar-refractivity contribution in [3.05, 3.63) is 0 Å². The molecule has 0 saturated heterocycles. The van der Waals surface area contributed by atoms with Crippen LogP contribution in [0.5, 0.6) is 0 Å². The number of carbonyl (C=O) groups is 1. The maximum absolute atomic E-state index is 11.7. The summed E-state index contributed by atoms with van der Waals surface area (Å²) in [6, 6.07) is 0.784. The number of hydrogen-bond acceptors (Lipinski definition) is 3. The van der Waals surface area contributed by atoms with Gasteiger partial charge in [0, 0.05) is 18.6 Å². The van der Waals surface area contributed by atoms with E-state index in [2.05, 4.69) is 17.1 Å². The lowest BCUT2D eigenvalue weighted by Gasteiger charge is -2.21. The van der Waals surface area contributed by atoms with Crippen LogP contribution in [0.4, 0.5) is 0 Å². The molecule has 1 rings (SSSR count). The molecular formula is C12H24N2O2. The molecular weight excluding hydrogens is 204 g/mol. The van der Waals surface area contributed by atoms with Crippen molar-refractivity contribution in [3.63, 3.8) is 0 Å². The summed E-state index contributed by atoms with van der Waals surface area (Å²) in [7, 11) is 0. The first-order valence-electron chi connectivity index (χ1n) is 6.31. The third kappa shape index (κ3) is 4.94. The molecule has 0 radical (unpaired) electrons. The molecule has 1 amide bonds. The van der Waals surface area contributed by atoms with Gasteiger partial charge in [-0.3, -0.25) is 9.69 Å². The van der Waals surface area contributed by atoms with Crippen LogP contribution in [-0.2, 0) is 4.79 Å². The molecule has 0 aliphatic heterocycles. The van der Waals surface area contributed by atoms with E-state index in [-0.39, 0.29) is 18.6 Å². The minimum atomic E-state index is 0.0845. The van der Waals surface area contributed by atoms with Crippen molar-refractivity contribution in [3.8, 4) is 0 Å². The highest BCUT2D eigenvalue weighted by atomic mass is 16.3. The Morgan fingerprint density at radius 1 is 1.56 bits per heavy atom.